The summed E-state index contributed by atoms with van der Waals surface area (Å²) in [5.74, 6) is -0.509. The number of amides is 2. The Morgan fingerprint density at radius 2 is 1.95 bits per heavy atom. The van der Waals surface area contributed by atoms with Crippen LogP contribution in [0.5, 0.6) is 0 Å². The highest BCUT2D eigenvalue weighted by atomic mass is 16.7. The standard InChI is InChI=1S/C27H35N3O7/c1-2-35-25(33)14-28-27(34)29-21-5-3-4-20(12-21)26-36-23(16-30-11-10-22(32)15-30)13-24(37-26)19-8-6-18(17-31)7-9-19/h3-9,12,22-24,26,31-32H,2,10-11,13-17H2,1H3,(H2,28,29,34)/t22-,23+,24-,26-/m0/s1. The molecule has 4 N–H and O–H groups in total. The second kappa shape index (κ2) is 13.0. The Morgan fingerprint density at radius 1 is 1.14 bits per heavy atom. The molecule has 37 heavy (non-hydrogen) atoms. The molecule has 2 aliphatic rings. The first-order chi connectivity index (χ1) is 17.9. The van der Waals surface area contributed by atoms with Crippen molar-refractivity contribution in [3.63, 3.8) is 0 Å². The van der Waals surface area contributed by atoms with Gasteiger partial charge in [-0.1, -0.05) is 36.4 Å². The molecule has 10 nitrogen and oxygen atoms in total. The third kappa shape index (κ3) is 7.73. The van der Waals surface area contributed by atoms with Crippen LogP contribution in [0.4, 0.5) is 10.5 Å². The van der Waals surface area contributed by atoms with Crippen LogP contribution in [-0.4, -0.2) is 72.1 Å². The van der Waals surface area contributed by atoms with Crippen LogP contribution in [0.25, 0.3) is 0 Å². The lowest BCUT2D eigenvalue weighted by molar-refractivity contribution is -0.252. The number of aliphatic hydroxyl groups is 2. The van der Waals surface area contributed by atoms with Gasteiger partial charge in [0.05, 0.1) is 31.5 Å². The van der Waals surface area contributed by atoms with E-state index in [0.717, 1.165) is 29.7 Å². The van der Waals surface area contributed by atoms with Crippen LogP contribution in [0.1, 0.15) is 48.8 Å². The largest absolute Gasteiger partial charge is 0.465 e. The van der Waals surface area contributed by atoms with Crippen LogP contribution >= 0.6 is 0 Å². The smallest absolute Gasteiger partial charge is 0.325 e. The number of esters is 1. The van der Waals surface area contributed by atoms with E-state index in [-0.39, 0.29) is 38.1 Å². The molecule has 2 heterocycles. The zero-order valence-electron chi connectivity index (χ0n) is 21.0. The van der Waals surface area contributed by atoms with Gasteiger partial charge in [0, 0.05) is 37.3 Å². The molecule has 0 aliphatic carbocycles. The van der Waals surface area contributed by atoms with Gasteiger partial charge < -0.3 is 35.1 Å². The first kappa shape index (κ1) is 27.0. The fourth-order valence-electron chi connectivity index (χ4n) is 4.60. The van der Waals surface area contributed by atoms with Crippen LogP contribution in [-0.2, 0) is 25.6 Å². The number of carbonyl (C=O) groups is 2. The zero-order chi connectivity index (χ0) is 26.2. The molecule has 200 valence electrons. The van der Waals surface area contributed by atoms with Gasteiger partial charge in [-0.2, -0.15) is 0 Å². The highest BCUT2D eigenvalue weighted by Crippen LogP contribution is 2.38. The number of hydrogen-bond donors (Lipinski definition) is 4. The predicted octanol–water partition coefficient (Wildman–Crippen LogP) is 2.48. The molecule has 2 fully saturated rings. The van der Waals surface area contributed by atoms with E-state index < -0.39 is 18.3 Å². The van der Waals surface area contributed by atoms with Crippen molar-refractivity contribution < 1.29 is 34.0 Å². The van der Waals surface area contributed by atoms with Crippen molar-refractivity contribution in [3.8, 4) is 0 Å². The summed E-state index contributed by atoms with van der Waals surface area (Å²) < 4.78 is 17.5. The average Bonchev–Trinajstić information content (AvgIpc) is 3.32. The molecule has 2 aromatic rings. The summed E-state index contributed by atoms with van der Waals surface area (Å²) >= 11 is 0. The number of carbonyl (C=O) groups excluding carboxylic acids is 2. The normalized spacial score (nSPS) is 24.0. The third-order valence-corrected chi connectivity index (χ3v) is 6.44. The molecule has 0 aromatic heterocycles. The summed E-state index contributed by atoms with van der Waals surface area (Å²) in [6.45, 7) is 3.83. The van der Waals surface area contributed by atoms with Crippen molar-refractivity contribution in [2.75, 3.05) is 38.1 Å². The van der Waals surface area contributed by atoms with E-state index in [2.05, 4.69) is 15.5 Å². The highest BCUT2D eigenvalue weighted by molar-refractivity contribution is 5.91. The summed E-state index contributed by atoms with van der Waals surface area (Å²) in [5.41, 5.74) is 3.09. The second-order valence-corrected chi connectivity index (χ2v) is 9.29. The lowest BCUT2D eigenvalue weighted by Gasteiger charge is -2.38. The van der Waals surface area contributed by atoms with Gasteiger partial charge in [-0.05, 0) is 36.6 Å². The maximum absolute atomic E-state index is 12.2. The molecule has 2 saturated heterocycles. The van der Waals surface area contributed by atoms with Crippen molar-refractivity contribution in [3.05, 3.63) is 65.2 Å². The van der Waals surface area contributed by atoms with E-state index in [4.69, 9.17) is 14.2 Å². The van der Waals surface area contributed by atoms with Gasteiger partial charge in [-0.15, -0.1) is 0 Å². The maximum Gasteiger partial charge on any atom is 0.325 e. The van der Waals surface area contributed by atoms with E-state index >= 15 is 0 Å². The molecule has 0 bridgehead atoms. The number of ether oxygens (including phenoxy) is 3. The average molecular weight is 514 g/mol. The number of nitrogens with zero attached hydrogens (tertiary/aromatic N) is 1. The summed E-state index contributed by atoms with van der Waals surface area (Å²) in [6.07, 6.45) is 0.0679. The highest BCUT2D eigenvalue weighted by Gasteiger charge is 2.34. The number of benzene rings is 2. The minimum Gasteiger partial charge on any atom is -0.465 e. The summed E-state index contributed by atoms with van der Waals surface area (Å²) in [7, 11) is 0. The van der Waals surface area contributed by atoms with Crippen LogP contribution < -0.4 is 10.6 Å². The zero-order valence-corrected chi connectivity index (χ0v) is 21.0. The van der Waals surface area contributed by atoms with Crippen LogP contribution in [0.2, 0.25) is 0 Å². The Bertz CT molecular complexity index is 1050. The van der Waals surface area contributed by atoms with Crippen LogP contribution in [0, 0.1) is 0 Å². The molecule has 10 heteroatoms. The van der Waals surface area contributed by atoms with Crippen molar-refractivity contribution in [1.29, 1.82) is 0 Å². The number of hydrogen-bond acceptors (Lipinski definition) is 8. The van der Waals surface area contributed by atoms with Crippen LogP contribution in [0.15, 0.2) is 48.5 Å². The van der Waals surface area contributed by atoms with E-state index in [1.54, 1.807) is 25.1 Å². The Balaban J connectivity index is 1.46. The Labute approximate surface area is 216 Å². The van der Waals surface area contributed by atoms with Crippen molar-refractivity contribution in [1.82, 2.24) is 10.2 Å². The second-order valence-electron chi connectivity index (χ2n) is 9.29. The van der Waals surface area contributed by atoms with Gasteiger partial charge in [-0.3, -0.25) is 9.69 Å². The minimum atomic E-state index is -0.668. The number of rotatable bonds is 9. The molecule has 2 aromatic carbocycles. The number of anilines is 1. The van der Waals surface area contributed by atoms with Gasteiger partial charge in [-0.25, -0.2) is 4.79 Å². The summed E-state index contributed by atoms with van der Waals surface area (Å²) in [5, 5.41) is 24.5. The molecule has 0 radical (unpaired) electrons. The lowest BCUT2D eigenvalue weighted by atomic mass is 9.99. The molecule has 4 atom stereocenters. The molecular weight excluding hydrogens is 478 g/mol. The first-order valence-corrected chi connectivity index (χ1v) is 12.6. The van der Waals surface area contributed by atoms with E-state index in [0.29, 0.717) is 25.2 Å². The van der Waals surface area contributed by atoms with Crippen LogP contribution in [0.3, 0.4) is 0 Å². The predicted molar refractivity (Wildman–Crippen MR) is 136 cm³/mol. The quantitative estimate of drug-likeness (QED) is 0.377. The Morgan fingerprint density at radius 3 is 2.65 bits per heavy atom. The number of β-amino-alcohol motifs (C(OH)–C–C–N with tert-alkyl or cyclic N) is 1. The van der Waals surface area contributed by atoms with E-state index in [1.807, 2.05) is 30.3 Å². The maximum atomic E-state index is 12.2. The number of nitrogens with one attached hydrogen (secondary N) is 2. The van der Waals surface area contributed by atoms with E-state index in [1.165, 1.54) is 0 Å². The molecule has 2 aliphatic heterocycles. The van der Waals surface area contributed by atoms with Gasteiger partial charge in [0.15, 0.2) is 6.29 Å². The van der Waals surface area contributed by atoms with Gasteiger partial charge in [0.25, 0.3) is 0 Å². The molecule has 2 amide bonds. The number of aliphatic hydroxyl groups excluding tert-OH is 2. The minimum absolute atomic E-state index is 0.0232. The monoisotopic (exact) mass is 513 g/mol. The van der Waals surface area contributed by atoms with E-state index in [9.17, 15) is 19.8 Å². The SMILES string of the molecule is CCOC(=O)CNC(=O)Nc1cccc([C@H]2O[C@@H](CN3CC[C@H](O)C3)C[C@@H](c3ccc(CO)cc3)O2)c1. The summed E-state index contributed by atoms with van der Waals surface area (Å²) in [4.78, 5) is 25.9. The summed E-state index contributed by atoms with van der Waals surface area (Å²) in [6, 6.07) is 14.4. The fourth-order valence-corrected chi connectivity index (χ4v) is 4.60. The third-order valence-electron chi connectivity index (χ3n) is 6.44. The molecular formula is C27H35N3O7. The number of urea groups is 1. The lowest BCUT2D eigenvalue weighted by Crippen LogP contribution is -2.38. The molecule has 0 unspecified atom stereocenters. The van der Waals surface area contributed by atoms with Gasteiger partial charge >= 0.3 is 12.0 Å². The molecule has 4 rings (SSSR count). The Hall–Kier alpha value is -3.02. The first-order valence-electron chi connectivity index (χ1n) is 12.6. The number of likely N-dealkylation sites (tertiary alicyclic amines) is 1. The Kier molecular flexibility index (Phi) is 9.48. The fraction of sp³-hybridized carbons (Fsp3) is 0.481. The van der Waals surface area contributed by atoms with Crippen molar-refractivity contribution in [2.45, 2.75) is 51.0 Å². The topological polar surface area (TPSA) is 130 Å². The van der Waals surface area contributed by atoms with Gasteiger partial charge in [0.1, 0.15) is 6.54 Å². The van der Waals surface area contributed by atoms with Crippen molar-refractivity contribution >= 4 is 17.7 Å². The molecule has 0 saturated carbocycles. The van der Waals surface area contributed by atoms with Crippen molar-refractivity contribution in [2.24, 2.45) is 0 Å². The van der Waals surface area contributed by atoms with Gasteiger partial charge in [0.2, 0.25) is 0 Å². The molecule has 0 spiro atoms.